The van der Waals surface area contributed by atoms with Crippen LogP contribution in [0.4, 0.5) is 0 Å². The maximum absolute atomic E-state index is 11.8. The summed E-state index contributed by atoms with van der Waals surface area (Å²) in [4.78, 5) is 11.8. The lowest BCUT2D eigenvalue weighted by atomic mass is 10.1. The van der Waals surface area contributed by atoms with Gasteiger partial charge in [0.05, 0.1) is 12.1 Å². The van der Waals surface area contributed by atoms with Crippen LogP contribution in [0.25, 0.3) is 0 Å². The first-order valence-corrected chi connectivity index (χ1v) is 5.89. The molecule has 0 saturated carbocycles. The van der Waals surface area contributed by atoms with Gasteiger partial charge in [0.15, 0.2) is 0 Å². The molecule has 0 aromatic heterocycles. The first-order chi connectivity index (χ1) is 8.42. The first-order valence-electron chi connectivity index (χ1n) is 5.89. The Morgan fingerprint density at radius 2 is 1.89 bits per heavy atom. The van der Waals surface area contributed by atoms with Crippen LogP contribution in [-0.4, -0.2) is 25.2 Å². The van der Waals surface area contributed by atoms with Gasteiger partial charge in [-0.1, -0.05) is 11.8 Å². The summed E-state index contributed by atoms with van der Waals surface area (Å²) >= 11 is 0. The smallest absolute Gasteiger partial charge is 0.338 e. The topological polar surface area (TPSA) is 38.3 Å². The molecule has 0 radical (unpaired) electrons. The molecule has 0 spiro atoms. The van der Waals surface area contributed by atoms with Crippen molar-refractivity contribution in [2.45, 2.75) is 26.4 Å². The number of esters is 1. The highest BCUT2D eigenvalue weighted by Gasteiger charge is 2.17. The number of carbonyl (C=O) groups excluding carboxylic acids is 1. The van der Waals surface area contributed by atoms with E-state index in [9.17, 15) is 4.79 Å². The van der Waals surface area contributed by atoms with Crippen LogP contribution < -0.4 is 5.32 Å². The second-order valence-corrected chi connectivity index (χ2v) is 4.91. The number of hydrogen-bond acceptors (Lipinski definition) is 3. The summed E-state index contributed by atoms with van der Waals surface area (Å²) in [6.07, 6.45) is 0. The summed E-state index contributed by atoms with van der Waals surface area (Å²) in [5, 5.41) is 2.95. The molecule has 96 valence electrons. The van der Waals surface area contributed by atoms with Crippen molar-refractivity contribution in [3.05, 3.63) is 35.4 Å². The molecule has 0 amide bonds. The highest BCUT2D eigenvalue weighted by Crippen LogP contribution is 2.12. The second-order valence-electron chi connectivity index (χ2n) is 4.91. The minimum absolute atomic E-state index is 0.308. The van der Waals surface area contributed by atoms with E-state index in [0.29, 0.717) is 12.1 Å². The van der Waals surface area contributed by atoms with E-state index in [1.165, 1.54) is 0 Å². The average molecular weight is 245 g/mol. The van der Waals surface area contributed by atoms with Gasteiger partial charge in [-0.25, -0.2) is 4.79 Å². The molecule has 0 saturated heterocycles. The molecule has 1 rings (SSSR count). The number of nitrogens with one attached hydrogen (secondary N) is 1. The summed E-state index contributed by atoms with van der Waals surface area (Å²) < 4.78 is 5.28. The lowest BCUT2D eigenvalue weighted by molar-refractivity contribution is 0.00696. The largest absolute Gasteiger partial charge is 0.456 e. The Hall–Kier alpha value is -1.79. The Labute approximate surface area is 109 Å². The van der Waals surface area contributed by atoms with Crippen molar-refractivity contribution in [1.29, 1.82) is 0 Å². The second kappa shape index (κ2) is 6.23. The average Bonchev–Trinajstić information content (AvgIpc) is 2.28. The fourth-order valence-electron chi connectivity index (χ4n) is 1.26. The third kappa shape index (κ3) is 5.03. The zero-order valence-corrected chi connectivity index (χ0v) is 11.3. The third-order valence-electron chi connectivity index (χ3n) is 2.02. The molecule has 18 heavy (non-hydrogen) atoms. The molecule has 0 aliphatic rings. The first kappa shape index (κ1) is 14.3. The van der Waals surface area contributed by atoms with E-state index in [-0.39, 0.29) is 5.97 Å². The predicted molar refractivity (Wildman–Crippen MR) is 72.4 cm³/mol. The van der Waals surface area contributed by atoms with Crippen molar-refractivity contribution >= 4 is 5.97 Å². The van der Waals surface area contributed by atoms with E-state index in [1.807, 2.05) is 40.0 Å². The van der Waals surface area contributed by atoms with Gasteiger partial charge < -0.3 is 10.1 Å². The Kier molecular flexibility index (Phi) is 4.94. The van der Waals surface area contributed by atoms with E-state index in [2.05, 4.69) is 17.2 Å². The molecule has 3 heteroatoms. The van der Waals surface area contributed by atoms with Crippen LogP contribution in [0.3, 0.4) is 0 Å². The number of carbonyl (C=O) groups is 1. The van der Waals surface area contributed by atoms with Gasteiger partial charge in [-0.3, -0.25) is 0 Å². The monoisotopic (exact) mass is 245 g/mol. The third-order valence-corrected chi connectivity index (χ3v) is 2.02. The Morgan fingerprint density at radius 1 is 1.28 bits per heavy atom. The van der Waals surface area contributed by atoms with Gasteiger partial charge in [-0.2, -0.15) is 0 Å². The molecule has 3 nitrogen and oxygen atoms in total. The Balaban J connectivity index is 2.72. The number of rotatable bonds is 2. The van der Waals surface area contributed by atoms with Crippen molar-refractivity contribution in [2.24, 2.45) is 0 Å². The normalized spacial score (nSPS) is 10.4. The van der Waals surface area contributed by atoms with Gasteiger partial charge in [-0.05, 0) is 52.1 Å². The van der Waals surface area contributed by atoms with E-state index < -0.39 is 5.60 Å². The zero-order chi connectivity index (χ0) is 13.6. The van der Waals surface area contributed by atoms with Crippen molar-refractivity contribution < 1.29 is 9.53 Å². The van der Waals surface area contributed by atoms with Gasteiger partial charge >= 0.3 is 5.97 Å². The molecular weight excluding hydrogens is 226 g/mol. The summed E-state index contributed by atoms with van der Waals surface area (Å²) in [7, 11) is 1.85. The Morgan fingerprint density at radius 3 is 2.39 bits per heavy atom. The molecule has 0 bridgehead atoms. The van der Waals surface area contributed by atoms with Crippen LogP contribution in [0.1, 0.15) is 36.7 Å². The molecule has 0 unspecified atom stereocenters. The maximum Gasteiger partial charge on any atom is 0.338 e. The highest BCUT2D eigenvalue weighted by atomic mass is 16.6. The number of benzene rings is 1. The predicted octanol–water partition coefficient (Wildman–Crippen LogP) is 2.21. The maximum atomic E-state index is 11.8. The lowest BCUT2D eigenvalue weighted by Gasteiger charge is -2.19. The van der Waals surface area contributed by atoms with E-state index in [0.717, 1.165) is 5.56 Å². The molecule has 0 fully saturated rings. The van der Waals surface area contributed by atoms with Crippen molar-refractivity contribution in [2.75, 3.05) is 13.6 Å². The van der Waals surface area contributed by atoms with Gasteiger partial charge in [0.25, 0.3) is 0 Å². The van der Waals surface area contributed by atoms with Crippen LogP contribution in [0.15, 0.2) is 24.3 Å². The summed E-state index contributed by atoms with van der Waals surface area (Å²) in [5.41, 5.74) is 0.962. The number of ether oxygens (including phenoxy) is 1. The fraction of sp³-hybridized carbons (Fsp3) is 0.400. The van der Waals surface area contributed by atoms with E-state index in [4.69, 9.17) is 4.74 Å². The molecule has 1 aromatic rings. The lowest BCUT2D eigenvalue weighted by Crippen LogP contribution is -2.23. The van der Waals surface area contributed by atoms with Gasteiger partial charge in [0, 0.05) is 5.56 Å². The molecule has 0 atom stereocenters. The number of hydrogen-bond donors (Lipinski definition) is 1. The van der Waals surface area contributed by atoms with Crippen molar-refractivity contribution in [1.82, 2.24) is 5.32 Å². The van der Waals surface area contributed by atoms with Gasteiger partial charge in [-0.15, -0.1) is 0 Å². The quantitative estimate of drug-likeness (QED) is 0.641. The summed E-state index contributed by atoms with van der Waals surface area (Å²) in [6, 6.07) is 7.11. The van der Waals surface area contributed by atoms with Crippen LogP contribution in [0.2, 0.25) is 0 Å². The highest BCUT2D eigenvalue weighted by molar-refractivity contribution is 5.89. The molecule has 0 heterocycles. The van der Waals surface area contributed by atoms with E-state index >= 15 is 0 Å². The SMILES string of the molecule is CNCC#Cc1ccc(C(=O)OC(C)(C)C)cc1. The minimum atomic E-state index is -0.470. The molecule has 0 aliphatic carbocycles. The minimum Gasteiger partial charge on any atom is -0.456 e. The molecule has 0 aliphatic heterocycles. The van der Waals surface area contributed by atoms with Gasteiger partial charge in [0.2, 0.25) is 0 Å². The summed E-state index contributed by atoms with van der Waals surface area (Å²) in [5.74, 6) is 5.65. The molecular formula is C15H19NO2. The van der Waals surface area contributed by atoms with Crippen LogP contribution in [0.5, 0.6) is 0 Å². The van der Waals surface area contributed by atoms with Crippen LogP contribution >= 0.6 is 0 Å². The standard InChI is InChI=1S/C15H19NO2/c1-15(2,3)18-14(17)13-9-7-12(8-10-13)6-5-11-16-4/h7-10,16H,11H2,1-4H3. The molecule has 1 N–H and O–H groups in total. The van der Waals surface area contributed by atoms with Crippen LogP contribution in [-0.2, 0) is 4.74 Å². The van der Waals surface area contributed by atoms with E-state index in [1.54, 1.807) is 12.1 Å². The summed E-state index contributed by atoms with van der Waals surface area (Å²) in [6.45, 7) is 6.20. The Bertz CT molecular complexity index is 458. The fourth-order valence-corrected chi connectivity index (χ4v) is 1.26. The zero-order valence-electron chi connectivity index (χ0n) is 11.3. The van der Waals surface area contributed by atoms with Crippen LogP contribution in [0, 0.1) is 11.8 Å². The van der Waals surface area contributed by atoms with Gasteiger partial charge in [0.1, 0.15) is 5.60 Å². The van der Waals surface area contributed by atoms with Crippen molar-refractivity contribution in [3.63, 3.8) is 0 Å². The van der Waals surface area contributed by atoms with Crippen molar-refractivity contribution in [3.8, 4) is 11.8 Å². The molecule has 1 aromatic carbocycles.